The average Bonchev–Trinajstić information content (AvgIpc) is 3.07. The minimum absolute atomic E-state index is 0.0691. The first kappa shape index (κ1) is 18.8. The van der Waals surface area contributed by atoms with E-state index in [9.17, 15) is 22.4 Å². The van der Waals surface area contributed by atoms with Crippen molar-refractivity contribution in [1.29, 1.82) is 0 Å². The molecule has 0 fully saturated rings. The predicted octanol–water partition coefficient (Wildman–Crippen LogP) is 4.00. The third-order valence-corrected chi connectivity index (χ3v) is 4.00. The summed E-state index contributed by atoms with van der Waals surface area (Å²) in [5, 5.41) is 3.78. The summed E-state index contributed by atoms with van der Waals surface area (Å²) in [5.74, 6) is 0.0916. The molecule has 142 valence electrons. The first-order valence-corrected chi connectivity index (χ1v) is 8.11. The highest BCUT2D eigenvalue weighted by atomic mass is 19.4. The molecular weight excluding hydrogens is 366 g/mol. The van der Waals surface area contributed by atoms with Crippen LogP contribution in [0.25, 0.3) is 11.4 Å². The van der Waals surface area contributed by atoms with Crippen LogP contribution in [0, 0.1) is 12.7 Å². The Balaban J connectivity index is 1.66. The van der Waals surface area contributed by atoms with Crippen molar-refractivity contribution in [2.75, 3.05) is 0 Å². The highest BCUT2D eigenvalue weighted by molar-refractivity contribution is 5.54. The number of hydrogen-bond donors (Lipinski definition) is 0. The van der Waals surface area contributed by atoms with Crippen molar-refractivity contribution in [3.8, 4) is 11.4 Å². The first-order chi connectivity index (χ1) is 12.7. The minimum Gasteiger partial charge on any atom is -0.339 e. The Hall–Kier alpha value is -2.97. The van der Waals surface area contributed by atoms with Crippen molar-refractivity contribution in [2.45, 2.75) is 32.5 Å². The minimum atomic E-state index is -4.51. The maximum absolute atomic E-state index is 13.6. The molecule has 5 nitrogen and oxygen atoms in total. The Morgan fingerprint density at radius 1 is 1.19 bits per heavy atom. The monoisotopic (exact) mass is 381 g/mol. The van der Waals surface area contributed by atoms with Gasteiger partial charge in [-0.05, 0) is 31.0 Å². The van der Waals surface area contributed by atoms with Gasteiger partial charge < -0.3 is 9.09 Å². The Kier molecular flexibility index (Phi) is 5.11. The third kappa shape index (κ3) is 4.42. The van der Waals surface area contributed by atoms with Crippen LogP contribution in [0.5, 0.6) is 0 Å². The molecule has 0 saturated heterocycles. The zero-order valence-corrected chi connectivity index (χ0v) is 14.3. The zero-order chi connectivity index (χ0) is 19.6. The highest BCUT2D eigenvalue weighted by Gasteiger charge is 2.31. The van der Waals surface area contributed by atoms with Gasteiger partial charge in [0.15, 0.2) is 0 Å². The number of benzene rings is 1. The van der Waals surface area contributed by atoms with Crippen LogP contribution in [-0.4, -0.2) is 14.7 Å². The smallest absolute Gasteiger partial charge is 0.339 e. The number of pyridine rings is 1. The molecule has 3 rings (SSSR count). The van der Waals surface area contributed by atoms with E-state index in [1.54, 1.807) is 19.1 Å². The Bertz CT molecular complexity index is 1010. The molecule has 9 heteroatoms. The molecule has 0 atom stereocenters. The van der Waals surface area contributed by atoms with Crippen LogP contribution in [0.1, 0.15) is 23.4 Å². The van der Waals surface area contributed by atoms with Gasteiger partial charge in [-0.1, -0.05) is 17.3 Å². The Morgan fingerprint density at radius 3 is 2.67 bits per heavy atom. The van der Waals surface area contributed by atoms with Crippen molar-refractivity contribution in [3.63, 3.8) is 0 Å². The first-order valence-electron chi connectivity index (χ1n) is 8.11. The van der Waals surface area contributed by atoms with Gasteiger partial charge in [-0.15, -0.1) is 0 Å². The summed E-state index contributed by atoms with van der Waals surface area (Å²) >= 11 is 0. The van der Waals surface area contributed by atoms with Gasteiger partial charge in [0.2, 0.25) is 11.7 Å². The summed E-state index contributed by atoms with van der Waals surface area (Å²) in [4.78, 5) is 15.8. The molecular formula is C18H15F4N3O2. The van der Waals surface area contributed by atoms with Crippen molar-refractivity contribution < 1.29 is 22.1 Å². The van der Waals surface area contributed by atoms with Gasteiger partial charge in [-0.2, -0.15) is 18.2 Å². The molecule has 0 unspecified atom stereocenters. The van der Waals surface area contributed by atoms with Crippen LogP contribution in [0.4, 0.5) is 17.6 Å². The fourth-order valence-electron chi connectivity index (χ4n) is 2.48. The maximum Gasteiger partial charge on any atom is 0.417 e. The second kappa shape index (κ2) is 7.34. The van der Waals surface area contributed by atoms with Crippen LogP contribution in [0.15, 0.2) is 45.8 Å². The summed E-state index contributed by atoms with van der Waals surface area (Å²) in [6.45, 7) is 1.70. The number of rotatable bonds is 5. The SMILES string of the molecule is Cc1ccc(-c2noc(CCCn3cc(C(F)(F)F)ccc3=O)n2)cc1F. The van der Waals surface area contributed by atoms with E-state index in [-0.39, 0.29) is 30.5 Å². The summed E-state index contributed by atoms with van der Waals surface area (Å²) in [6.07, 6.45) is -3.13. The molecule has 2 heterocycles. The number of nitrogens with zero attached hydrogens (tertiary/aromatic N) is 3. The van der Waals surface area contributed by atoms with E-state index >= 15 is 0 Å². The Labute approximate surface area is 151 Å². The van der Waals surface area contributed by atoms with Gasteiger partial charge in [0.25, 0.3) is 5.56 Å². The van der Waals surface area contributed by atoms with Gasteiger partial charge in [-0.3, -0.25) is 4.79 Å². The van der Waals surface area contributed by atoms with Crippen molar-refractivity contribution >= 4 is 0 Å². The summed E-state index contributed by atoms with van der Waals surface area (Å²) in [5.41, 5.74) is -0.455. The zero-order valence-electron chi connectivity index (χ0n) is 14.3. The van der Waals surface area contributed by atoms with Crippen LogP contribution in [0.3, 0.4) is 0 Å². The molecule has 0 radical (unpaired) electrons. The van der Waals surface area contributed by atoms with E-state index in [1.165, 1.54) is 6.07 Å². The molecule has 2 aromatic heterocycles. The molecule has 0 saturated carbocycles. The van der Waals surface area contributed by atoms with Crippen LogP contribution in [-0.2, 0) is 19.1 Å². The predicted molar refractivity (Wildman–Crippen MR) is 88.5 cm³/mol. The van der Waals surface area contributed by atoms with E-state index in [0.717, 1.165) is 22.9 Å². The standard InChI is InChI=1S/C18H15F4N3O2/c1-11-4-5-12(9-14(11)19)17-23-15(27-24-17)3-2-8-25-10-13(18(20,21)22)6-7-16(25)26/h4-7,9-10H,2-3,8H2,1H3. The molecule has 0 amide bonds. The molecule has 0 aliphatic heterocycles. The summed E-state index contributed by atoms with van der Waals surface area (Å²) in [6, 6.07) is 6.20. The number of aryl methyl sites for hydroxylation is 3. The lowest BCUT2D eigenvalue weighted by Crippen LogP contribution is -2.21. The molecule has 27 heavy (non-hydrogen) atoms. The quantitative estimate of drug-likeness (QED) is 0.627. The second-order valence-corrected chi connectivity index (χ2v) is 6.03. The maximum atomic E-state index is 13.6. The topological polar surface area (TPSA) is 60.9 Å². The van der Waals surface area contributed by atoms with Crippen molar-refractivity contribution in [1.82, 2.24) is 14.7 Å². The van der Waals surface area contributed by atoms with Gasteiger partial charge >= 0.3 is 6.18 Å². The third-order valence-electron chi connectivity index (χ3n) is 4.00. The molecule has 0 bridgehead atoms. The molecule has 3 aromatic rings. The fourth-order valence-corrected chi connectivity index (χ4v) is 2.48. The Morgan fingerprint density at radius 2 is 1.96 bits per heavy atom. The lowest BCUT2D eigenvalue weighted by molar-refractivity contribution is -0.138. The fraction of sp³-hybridized carbons (Fsp3) is 0.278. The number of aromatic nitrogens is 3. The van der Waals surface area contributed by atoms with Crippen LogP contribution in [0.2, 0.25) is 0 Å². The van der Waals surface area contributed by atoms with Gasteiger partial charge in [-0.25, -0.2) is 4.39 Å². The molecule has 0 aliphatic rings. The van der Waals surface area contributed by atoms with E-state index in [2.05, 4.69) is 10.1 Å². The number of halogens is 4. The summed E-state index contributed by atoms with van der Waals surface area (Å²) < 4.78 is 57.9. The molecule has 0 spiro atoms. The van der Waals surface area contributed by atoms with Crippen molar-refractivity contribution in [2.24, 2.45) is 0 Å². The molecule has 1 aromatic carbocycles. The molecule has 0 N–H and O–H groups in total. The lowest BCUT2D eigenvalue weighted by atomic mass is 10.1. The highest BCUT2D eigenvalue weighted by Crippen LogP contribution is 2.28. The molecule has 0 aliphatic carbocycles. The van der Waals surface area contributed by atoms with Gasteiger partial charge in [0, 0.05) is 30.8 Å². The number of hydrogen-bond acceptors (Lipinski definition) is 4. The van der Waals surface area contributed by atoms with Crippen molar-refractivity contribution in [3.05, 3.63) is 69.7 Å². The second-order valence-electron chi connectivity index (χ2n) is 6.03. The largest absolute Gasteiger partial charge is 0.417 e. The van der Waals surface area contributed by atoms with Crippen LogP contribution < -0.4 is 5.56 Å². The summed E-state index contributed by atoms with van der Waals surface area (Å²) in [7, 11) is 0. The van der Waals surface area contributed by atoms with Gasteiger partial charge in [0.1, 0.15) is 5.82 Å². The van der Waals surface area contributed by atoms with E-state index in [4.69, 9.17) is 4.52 Å². The number of alkyl halides is 3. The average molecular weight is 381 g/mol. The van der Waals surface area contributed by atoms with Gasteiger partial charge in [0.05, 0.1) is 5.56 Å². The van der Waals surface area contributed by atoms with Crippen LogP contribution >= 0.6 is 0 Å². The van der Waals surface area contributed by atoms with E-state index < -0.39 is 17.3 Å². The lowest BCUT2D eigenvalue weighted by Gasteiger charge is -2.10. The van der Waals surface area contributed by atoms with E-state index in [0.29, 0.717) is 17.5 Å². The normalized spacial score (nSPS) is 11.7. The van der Waals surface area contributed by atoms with E-state index in [1.807, 2.05) is 0 Å².